The van der Waals surface area contributed by atoms with Gasteiger partial charge in [-0.3, -0.25) is 0 Å². The minimum absolute atomic E-state index is 0.113. The maximum atomic E-state index is 5.43. The van der Waals surface area contributed by atoms with Crippen molar-refractivity contribution in [1.82, 2.24) is 0 Å². The third-order valence-corrected chi connectivity index (χ3v) is 1.86. The molecule has 0 bridgehead atoms. The molecule has 0 amide bonds. The second kappa shape index (κ2) is 14.0. The molecular weight excluding hydrogens is 222 g/mol. The Hall–Kier alpha value is 0.542. The zero-order chi connectivity index (χ0) is 14.6. The van der Waals surface area contributed by atoms with Crippen molar-refractivity contribution >= 4 is 25.0 Å². The fourth-order valence-corrected chi connectivity index (χ4v) is 1.12. The van der Waals surface area contributed by atoms with Gasteiger partial charge in [-0.25, -0.2) is 0 Å². The predicted octanol–water partition coefficient (Wildman–Crippen LogP) is 3.62. The van der Waals surface area contributed by atoms with Crippen LogP contribution in [-0.4, -0.2) is 43.3 Å². The van der Waals surface area contributed by atoms with Gasteiger partial charge in [0.05, 0.1) is 0 Å². The number of hydrogen-bond donors (Lipinski definition) is 0. The topological polar surface area (TPSA) is 27.7 Å². The van der Waals surface area contributed by atoms with Crippen molar-refractivity contribution in [1.29, 1.82) is 0 Å². The molecule has 0 N–H and O–H groups in total. The number of unbranched alkanes of at least 4 members (excludes halogenated alkanes) is 1. The summed E-state index contributed by atoms with van der Waals surface area (Å²) >= 11 is 2.21. The maximum absolute atomic E-state index is 5.43. The van der Waals surface area contributed by atoms with Crippen LogP contribution >= 0.6 is 0 Å². The number of hydrogen-bond acceptors (Lipinski definition) is 3. The summed E-state index contributed by atoms with van der Waals surface area (Å²) in [7, 11) is -0.542. The van der Waals surface area contributed by atoms with E-state index in [-0.39, 0.29) is 18.3 Å². The molecule has 0 radical (unpaired) electrons. The van der Waals surface area contributed by atoms with E-state index < -0.39 is 7.32 Å². The quantitative estimate of drug-likeness (QED) is 0.617. The van der Waals surface area contributed by atoms with Gasteiger partial charge < -0.3 is 14.0 Å². The van der Waals surface area contributed by atoms with E-state index in [1.54, 1.807) is 0 Å². The molecule has 0 aromatic carbocycles. The van der Waals surface area contributed by atoms with Crippen LogP contribution in [0.15, 0.2) is 0 Å². The van der Waals surface area contributed by atoms with E-state index in [2.05, 4.69) is 24.6 Å². The molecule has 3 nitrogen and oxygen atoms in total. The molecule has 0 heterocycles. The van der Waals surface area contributed by atoms with Crippen LogP contribution in [0.25, 0.3) is 0 Å². The van der Waals surface area contributed by atoms with Gasteiger partial charge in [0, 0.05) is 18.3 Å². The van der Waals surface area contributed by atoms with Gasteiger partial charge in [-0.05, 0) is 41.5 Å². The molecule has 18 heavy (non-hydrogen) atoms. The van der Waals surface area contributed by atoms with Gasteiger partial charge in [-0.15, -0.1) is 0 Å². The molecule has 0 aliphatic rings. The van der Waals surface area contributed by atoms with Gasteiger partial charge in [-0.2, -0.15) is 0 Å². The predicted molar refractivity (Wildman–Crippen MR) is 79.9 cm³/mol. The molecule has 104 valence electrons. The van der Waals surface area contributed by atoms with Crippen LogP contribution in [-0.2, 0) is 14.0 Å². The van der Waals surface area contributed by atoms with E-state index in [1.165, 1.54) is 17.9 Å². The second-order valence-electron chi connectivity index (χ2n) is 5.20. The fraction of sp³-hybridized carbons (Fsp3) is 1.00. The summed E-state index contributed by atoms with van der Waals surface area (Å²) in [6.07, 6.45) is 3.07. The van der Waals surface area contributed by atoms with Crippen molar-refractivity contribution in [3.8, 4) is 0 Å². The second-order valence-corrected chi connectivity index (χ2v) is 5.20. The Bertz CT molecular complexity index is 141. The molecular formula is C13H30BLiO3. The summed E-state index contributed by atoms with van der Waals surface area (Å²) in [6, 6.07) is 0. The molecule has 0 fully saturated rings. The minimum atomic E-state index is -0.542. The van der Waals surface area contributed by atoms with E-state index in [0.29, 0.717) is 0 Å². The van der Waals surface area contributed by atoms with Crippen molar-refractivity contribution in [2.45, 2.75) is 84.7 Å². The molecule has 5 heteroatoms. The molecule has 0 unspecified atom stereocenters. The standard InChI is InChI=1S/C9H21BO3.C4H9.Li/c1-7(2)11-10(12-8(3)4)13-9(5)6;1-3-4-2;/h7-9H,1-6H3;1,3-4H2,2H3;. The van der Waals surface area contributed by atoms with Gasteiger partial charge in [0.25, 0.3) is 0 Å². The normalized spacial score (nSPS) is 10.9. The molecule has 0 atom stereocenters. The van der Waals surface area contributed by atoms with Gasteiger partial charge >= 0.3 is 49.9 Å². The van der Waals surface area contributed by atoms with Crippen molar-refractivity contribution < 1.29 is 14.0 Å². The molecule has 0 aromatic heterocycles. The van der Waals surface area contributed by atoms with Crippen molar-refractivity contribution in [3.05, 3.63) is 0 Å². The van der Waals surface area contributed by atoms with Gasteiger partial charge in [-0.1, -0.05) is 0 Å². The summed E-state index contributed by atoms with van der Waals surface area (Å²) in [5.41, 5.74) is 0. The molecule has 0 saturated heterocycles. The molecule has 0 saturated carbocycles. The van der Waals surface area contributed by atoms with Gasteiger partial charge in [0.1, 0.15) is 0 Å². The van der Waals surface area contributed by atoms with E-state index >= 15 is 0 Å². The Balaban J connectivity index is 0. The summed E-state index contributed by atoms with van der Waals surface area (Å²) in [6.45, 7) is 14.0. The summed E-state index contributed by atoms with van der Waals surface area (Å²) < 4.78 is 16.3. The van der Waals surface area contributed by atoms with E-state index in [0.717, 1.165) is 0 Å². The Morgan fingerprint density at radius 1 is 0.833 bits per heavy atom. The van der Waals surface area contributed by atoms with E-state index in [1.807, 2.05) is 41.5 Å². The zero-order valence-electron chi connectivity index (χ0n) is 13.7. The van der Waals surface area contributed by atoms with Crippen molar-refractivity contribution in [3.63, 3.8) is 0 Å². The van der Waals surface area contributed by atoms with Crippen LogP contribution < -0.4 is 0 Å². The van der Waals surface area contributed by atoms with E-state index in [4.69, 9.17) is 14.0 Å². The van der Waals surface area contributed by atoms with Crippen LogP contribution in [0, 0.1) is 0 Å². The van der Waals surface area contributed by atoms with Crippen molar-refractivity contribution in [2.24, 2.45) is 0 Å². The first-order valence-electron chi connectivity index (χ1n) is 7.29. The van der Waals surface area contributed by atoms with Crippen LogP contribution in [0.3, 0.4) is 0 Å². The molecule has 0 aliphatic heterocycles. The van der Waals surface area contributed by atoms with Crippen LogP contribution in [0.5, 0.6) is 0 Å². The Morgan fingerprint density at radius 2 is 1.17 bits per heavy atom. The monoisotopic (exact) mass is 252 g/mol. The van der Waals surface area contributed by atoms with Crippen LogP contribution in [0.1, 0.15) is 61.3 Å². The van der Waals surface area contributed by atoms with Crippen molar-refractivity contribution in [2.75, 3.05) is 0 Å². The van der Waals surface area contributed by atoms with Gasteiger partial charge in [0.15, 0.2) is 0 Å². The number of rotatable bonds is 8. The Morgan fingerprint density at radius 3 is 1.28 bits per heavy atom. The summed E-state index contributed by atoms with van der Waals surface area (Å²) in [5.74, 6) is 0. The van der Waals surface area contributed by atoms with Crippen LogP contribution in [0.4, 0.5) is 0 Å². The third-order valence-electron chi connectivity index (χ3n) is 1.86. The Kier molecular flexibility index (Phi) is 16.2. The fourth-order valence-electron chi connectivity index (χ4n) is 1.12. The summed E-state index contributed by atoms with van der Waals surface area (Å²) in [4.78, 5) is 0. The third kappa shape index (κ3) is 18.9. The zero-order valence-corrected chi connectivity index (χ0v) is 13.7. The average Bonchev–Trinajstić information content (AvgIpc) is 2.16. The molecule has 0 aliphatic carbocycles. The van der Waals surface area contributed by atoms with E-state index in [9.17, 15) is 0 Å². The summed E-state index contributed by atoms with van der Waals surface area (Å²) in [5, 5.41) is 1.34. The molecule has 0 rings (SSSR count). The first kappa shape index (κ1) is 20.9. The first-order chi connectivity index (χ1) is 8.33. The molecule has 0 aromatic rings. The molecule has 0 spiro atoms. The van der Waals surface area contributed by atoms with Crippen LogP contribution in [0.2, 0.25) is 5.09 Å². The first-order valence-corrected chi connectivity index (χ1v) is 7.29. The average molecular weight is 252 g/mol. The van der Waals surface area contributed by atoms with Gasteiger partial charge in [0.2, 0.25) is 0 Å². The SMILES string of the molecule is CC(C)OB(OC(C)C)OC(C)C.[Li][CH2]CCC. The Labute approximate surface area is 124 Å².